The Balaban J connectivity index is 1.85. The van der Waals surface area contributed by atoms with E-state index in [1.54, 1.807) is 18.3 Å². The summed E-state index contributed by atoms with van der Waals surface area (Å²) in [7, 11) is 0. The molecule has 2 atom stereocenters. The third-order valence-electron chi connectivity index (χ3n) is 4.37. The van der Waals surface area contributed by atoms with Gasteiger partial charge in [0.05, 0.1) is 12.1 Å². The predicted molar refractivity (Wildman–Crippen MR) is 99.2 cm³/mol. The first-order valence-corrected chi connectivity index (χ1v) is 8.81. The van der Waals surface area contributed by atoms with Crippen molar-refractivity contribution in [2.45, 2.75) is 32.5 Å². The normalized spacial score (nSPS) is 20.5. The molecule has 0 radical (unpaired) electrons. The van der Waals surface area contributed by atoms with Crippen molar-refractivity contribution in [1.82, 2.24) is 14.8 Å². The molecule has 6 heteroatoms. The van der Waals surface area contributed by atoms with E-state index in [1.807, 2.05) is 23.1 Å². The first-order valence-electron chi connectivity index (χ1n) is 8.43. The van der Waals surface area contributed by atoms with Gasteiger partial charge < -0.3 is 14.8 Å². The number of hydrogen-bond acceptors (Lipinski definition) is 3. The van der Waals surface area contributed by atoms with Crippen molar-refractivity contribution in [2.24, 2.45) is 0 Å². The molecular formula is C19H22ClN3O2. The number of carbonyl (C=O) groups is 1. The lowest BCUT2D eigenvalue weighted by atomic mass is 10.1. The van der Waals surface area contributed by atoms with Crippen LogP contribution in [0, 0.1) is 0 Å². The zero-order chi connectivity index (χ0) is 18.0. The highest BCUT2D eigenvalue weighted by Crippen LogP contribution is 2.16. The Morgan fingerprint density at radius 1 is 1.16 bits per heavy atom. The first-order chi connectivity index (χ1) is 11.9. The van der Waals surface area contributed by atoms with Crippen LogP contribution in [0.15, 0.2) is 47.4 Å². The number of pyridine rings is 1. The highest BCUT2D eigenvalue weighted by molar-refractivity contribution is 6.31. The van der Waals surface area contributed by atoms with E-state index in [0.29, 0.717) is 30.2 Å². The number of hydrogen-bond donors (Lipinski definition) is 1. The average Bonchev–Trinajstić information content (AvgIpc) is 2.57. The van der Waals surface area contributed by atoms with Gasteiger partial charge in [-0.3, -0.25) is 9.59 Å². The largest absolute Gasteiger partial charge is 0.335 e. The van der Waals surface area contributed by atoms with E-state index >= 15 is 0 Å². The lowest BCUT2D eigenvalue weighted by molar-refractivity contribution is 0.0673. The maximum atomic E-state index is 12.8. The van der Waals surface area contributed by atoms with E-state index in [1.165, 1.54) is 10.6 Å². The average molecular weight is 360 g/mol. The van der Waals surface area contributed by atoms with E-state index in [4.69, 9.17) is 11.6 Å². The molecule has 2 aromatic rings. The maximum absolute atomic E-state index is 12.8. The molecule has 0 spiro atoms. The molecular weight excluding hydrogens is 338 g/mol. The van der Waals surface area contributed by atoms with Crippen LogP contribution in [0.5, 0.6) is 0 Å². The molecule has 1 fully saturated rings. The lowest BCUT2D eigenvalue weighted by Crippen LogP contribution is -2.55. The minimum Gasteiger partial charge on any atom is -0.335 e. The molecule has 0 unspecified atom stereocenters. The molecule has 132 valence electrons. The van der Waals surface area contributed by atoms with Crippen molar-refractivity contribution in [3.63, 3.8) is 0 Å². The smallest absolute Gasteiger partial charge is 0.255 e. The van der Waals surface area contributed by atoms with Crippen LogP contribution in [0.3, 0.4) is 0 Å². The van der Waals surface area contributed by atoms with Gasteiger partial charge in [-0.15, -0.1) is 0 Å². The molecule has 1 saturated heterocycles. The van der Waals surface area contributed by atoms with Crippen molar-refractivity contribution >= 4 is 17.5 Å². The fraction of sp³-hybridized carbons (Fsp3) is 0.368. The Bertz CT molecular complexity index is 823. The van der Waals surface area contributed by atoms with Crippen LogP contribution in [0.25, 0.3) is 0 Å². The number of carbonyl (C=O) groups excluding carboxylic acids is 1. The van der Waals surface area contributed by atoms with Crippen LogP contribution < -0.4 is 10.9 Å². The third kappa shape index (κ3) is 4.11. The second-order valence-corrected chi connectivity index (χ2v) is 7.06. The zero-order valence-corrected chi connectivity index (χ0v) is 15.2. The van der Waals surface area contributed by atoms with Crippen molar-refractivity contribution in [1.29, 1.82) is 0 Å². The molecule has 0 aliphatic carbocycles. The summed E-state index contributed by atoms with van der Waals surface area (Å²) in [5.74, 6) is -0.0480. The highest BCUT2D eigenvalue weighted by Gasteiger charge is 2.25. The van der Waals surface area contributed by atoms with Crippen molar-refractivity contribution in [2.75, 3.05) is 13.1 Å². The van der Waals surface area contributed by atoms with Crippen LogP contribution in [-0.4, -0.2) is 40.5 Å². The van der Waals surface area contributed by atoms with Gasteiger partial charge in [-0.1, -0.05) is 29.8 Å². The second-order valence-electron chi connectivity index (χ2n) is 6.65. The van der Waals surface area contributed by atoms with Crippen molar-refractivity contribution in [3.8, 4) is 0 Å². The number of aromatic nitrogens is 1. The Morgan fingerprint density at radius 2 is 1.84 bits per heavy atom. The van der Waals surface area contributed by atoms with Crippen molar-refractivity contribution in [3.05, 3.63) is 69.1 Å². The summed E-state index contributed by atoms with van der Waals surface area (Å²) in [6.07, 6.45) is 1.63. The molecule has 5 nitrogen and oxygen atoms in total. The van der Waals surface area contributed by atoms with Crippen molar-refractivity contribution < 1.29 is 4.79 Å². The Hall–Kier alpha value is -2.11. The van der Waals surface area contributed by atoms with E-state index in [9.17, 15) is 9.59 Å². The van der Waals surface area contributed by atoms with Crippen LogP contribution in [0.4, 0.5) is 0 Å². The van der Waals surface area contributed by atoms with E-state index in [0.717, 1.165) is 5.56 Å². The number of amides is 1. The molecule has 0 bridgehead atoms. The number of piperazine rings is 1. The highest BCUT2D eigenvalue weighted by atomic mass is 35.5. The van der Waals surface area contributed by atoms with Gasteiger partial charge >= 0.3 is 0 Å². The molecule has 25 heavy (non-hydrogen) atoms. The fourth-order valence-electron chi connectivity index (χ4n) is 3.27. The summed E-state index contributed by atoms with van der Waals surface area (Å²) in [5.41, 5.74) is 1.21. The molecule has 1 N–H and O–H groups in total. The molecule has 1 aromatic carbocycles. The van der Waals surface area contributed by atoms with Gasteiger partial charge in [0.25, 0.3) is 11.5 Å². The summed E-state index contributed by atoms with van der Waals surface area (Å²) in [6.45, 7) is 5.79. The predicted octanol–water partition coefficient (Wildman–Crippen LogP) is 2.37. The number of halogens is 1. The minimum absolute atomic E-state index is 0.0480. The molecule has 1 aliphatic rings. The minimum atomic E-state index is -0.154. The van der Waals surface area contributed by atoms with Crippen LogP contribution in [0.2, 0.25) is 5.02 Å². The van der Waals surface area contributed by atoms with Gasteiger partial charge in [-0.05, 0) is 31.5 Å². The monoisotopic (exact) mass is 359 g/mol. The molecule has 1 aromatic heterocycles. The van der Waals surface area contributed by atoms with Gasteiger partial charge in [-0.25, -0.2) is 0 Å². The van der Waals surface area contributed by atoms with Crippen LogP contribution in [-0.2, 0) is 6.54 Å². The van der Waals surface area contributed by atoms with E-state index in [-0.39, 0.29) is 23.6 Å². The first kappa shape index (κ1) is 17.7. The topological polar surface area (TPSA) is 54.3 Å². The zero-order valence-electron chi connectivity index (χ0n) is 14.4. The van der Waals surface area contributed by atoms with Gasteiger partial charge in [0, 0.05) is 42.5 Å². The molecule has 1 aliphatic heterocycles. The second kappa shape index (κ2) is 7.42. The SMILES string of the molecule is C[C@H]1CN(C(=O)c2ccc(=O)n(Cc3ccccc3Cl)c2)C[C@H](C)N1. The summed E-state index contributed by atoms with van der Waals surface area (Å²) >= 11 is 6.19. The summed E-state index contributed by atoms with van der Waals surface area (Å²) in [5, 5.41) is 4.02. The third-order valence-corrected chi connectivity index (χ3v) is 4.74. The van der Waals surface area contributed by atoms with Gasteiger partial charge in [0.1, 0.15) is 0 Å². The van der Waals surface area contributed by atoms with Crippen LogP contribution >= 0.6 is 11.6 Å². The molecule has 2 heterocycles. The molecule has 0 saturated carbocycles. The molecule has 1 amide bonds. The Labute approximate surface area is 152 Å². The van der Waals surface area contributed by atoms with Gasteiger partial charge in [-0.2, -0.15) is 0 Å². The number of benzene rings is 1. The number of nitrogens with one attached hydrogen (secondary N) is 1. The van der Waals surface area contributed by atoms with Crippen LogP contribution in [0.1, 0.15) is 29.8 Å². The lowest BCUT2D eigenvalue weighted by Gasteiger charge is -2.36. The maximum Gasteiger partial charge on any atom is 0.255 e. The standard InChI is InChI=1S/C19H22ClN3O2/c1-13-9-23(10-14(2)21-13)19(25)16-7-8-18(24)22(12-16)11-15-5-3-4-6-17(15)20/h3-8,12-14,21H,9-11H2,1-2H3/t13-,14-/m0/s1. The van der Waals surface area contributed by atoms with Gasteiger partial charge in [0.2, 0.25) is 0 Å². The number of nitrogens with zero attached hydrogens (tertiary/aromatic N) is 2. The number of rotatable bonds is 3. The summed E-state index contributed by atoms with van der Waals surface area (Å²) in [6, 6.07) is 10.9. The van der Waals surface area contributed by atoms with Gasteiger partial charge in [0.15, 0.2) is 0 Å². The summed E-state index contributed by atoms with van der Waals surface area (Å²) < 4.78 is 1.53. The Kier molecular flexibility index (Phi) is 5.25. The summed E-state index contributed by atoms with van der Waals surface area (Å²) in [4.78, 5) is 26.8. The van der Waals surface area contributed by atoms with E-state index in [2.05, 4.69) is 19.2 Å². The quantitative estimate of drug-likeness (QED) is 0.915. The fourth-order valence-corrected chi connectivity index (χ4v) is 3.46. The van der Waals surface area contributed by atoms with E-state index < -0.39 is 0 Å². The molecule has 3 rings (SSSR count). The Morgan fingerprint density at radius 3 is 2.52 bits per heavy atom.